The van der Waals surface area contributed by atoms with Crippen LogP contribution in [0.1, 0.15) is 15.2 Å². The zero-order valence-corrected chi connectivity index (χ0v) is 12.6. The van der Waals surface area contributed by atoms with Gasteiger partial charge in [-0.25, -0.2) is 17.6 Å². The van der Waals surface area contributed by atoms with E-state index in [1.165, 1.54) is 30.6 Å². The highest BCUT2D eigenvalue weighted by atomic mass is 32.2. The largest absolute Gasteiger partial charge is 0.477 e. The fraction of sp³-hybridized carbons (Fsp3) is 0.154. The second-order valence-corrected chi connectivity index (χ2v) is 7.26. The third-order valence-corrected chi connectivity index (χ3v) is 5.69. The Morgan fingerprint density at radius 3 is 2.62 bits per heavy atom. The standard InChI is InChI=1S/C13H12FNO4S2/c1-15(7-9-4-2-3-5-11(9)14)21(18,19)10-6-12(13(16)17)20-8-10/h2-6,8H,7H2,1H3,(H,16,17). The highest BCUT2D eigenvalue weighted by Gasteiger charge is 2.24. The molecule has 8 heteroatoms. The minimum Gasteiger partial charge on any atom is -0.477 e. The van der Waals surface area contributed by atoms with Gasteiger partial charge < -0.3 is 5.11 Å². The molecule has 0 bridgehead atoms. The molecule has 0 saturated carbocycles. The molecule has 0 spiro atoms. The summed E-state index contributed by atoms with van der Waals surface area (Å²) in [6.45, 7) is -0.132. The minimum absolute atomic E-state index is 0.0622. The molecule has 5 nitrogen and oxygen atoms in total. The minimum atomic E-state index is -3.85. The van der Waals surface area contributed by atoms with Crippen molar-refractivity contribution in [2.24, 2.45) is 0 Å². The zero-order valence-electron chi connectivity index (χ0n) is 11.0. The number of rotatable bonds is 5. The first-order valence-corrected chi connectivity index (χ1v) is 8.16. The summed E-state index contributed by atoms with van der Waals surface area (Å²) in [7, 11) is -2.53. The van der Waals surface area contributed by atoms with Crippen LogP contribution in [0.25, 0.3) is 0 Å². The molecule has 1 aromatic heterocycles. The van der Waals surface area contributed by atoms with E-state index in [2.05, 4.69) is 0 Å². The van der Waals surface area contributed by atoms with Gasteiger partial charge in [-0.2, -0.15) is 4.31 Å². The fourth-order valence-electron chi connectivity index (χ4n) is 1.70. The molecule has 2 rings (SSSR count). The lowest BCUT2D eigenvalue weighted by Gasteiger charge is -2.16. The van der Waals surface area contributed by atoms with Gasteiger partial charge in [0.05, 0.1) is 4.90 Å². The Morgan fingerprint density at radius 1 is 1.38 bits per heavy atom. The first kappa shape index (κ1) is 15.6. The van der Waals surface area contributed by atoms with Crippen molar-refractivity contribution < 1.29 is 22.7 Å². The van der Waals surface area contributed by atoms with Crippen molar-refractivity contribution in [3.8, 4) is 0 Å². The van der Waals surface area contributed by atoms with E-state index in [1.54, 1.807) is 6.07 Å². The van der Waals surface area contributed by atoms with Crippen molar-refractivity contribution in [1.29, 1.82) is 0 Å². The molecule has 0 fully saturated rings. The number of hydrogen-bond acceptors (Lipinski definition) is 4. The van der Waals surface area contributed by atoms with E-state index in [-0.39, 0.29) is 21.9 Å². The third-order valence-electron chi connectivity index (χ3n) is 2.85. The summed E-state index contributed by atoms with van der Waals surface area (Å²) in [5.41, 5.74) is 0.247. The van der Waals surface area contributed by atoms with Gasteiger partial charge in [-0.1, -0.05) is 18.2 Å². The Hall–Kier alpha value is -1.77. The van der Waals surface area contributed by atoms with Crippen molar-refractivity contribution >= 4 is 27.3 Å². The van der Waals surface area contributed by atoms with Crippen molar-refractivity contribution in [2.45, 2.75) is 11.4 Å². The van der Waals surface area contributed by atoms with E-state index in [1.807, 2.05) is 0 Å². The van der Waals surface area contributed by atoms with Crippen LogP contribution >= 0.6 is 11.3 Å². The van der Waals surface area contributed by atoms with E-state index >= 15 is 0 Å². The van der Waals surface area contributed by atoms with Gasteiger partial charge >= 0.3 is 5.97 Å². The number of thiophene rings is 1. The summed E-state index contributed by atoms with van der Waals surface area (Å²) in [6.07, 6.45) is 0. The van der Waals surface area contributed by atoms with Gasteiger partial charge in [-0.15, -0.1) is 11.3 Å². The molecule has 0 amide bonds. The number of benzene rings is 1. The van der Waals surface area contributed by atoms with Crippen LogP contribution in [0.5, 0.6) is 0 Å². The molecule has 0 aliphatic rings. The maximum atomic E-state index is 13.6. The van der Waals surface area contributed by atoms with Crippen LogP contribution in [0.3, 0.4) is 0 Å². The van der Waals surface area contributed by atoms with Crippen LogP contribution in [-0.2, 0) is 16.6 Å². The predicted octanol–water partition coefficient (Wildman–Crippen LogP) is 2.41. The molecule has 1 heterocycles. The second-order valence-electron chi connectivity index (χ2n) is 4.30. The molecule has 2 aromatic rings. The summed E-state index contributed by atoms with van der Waals surface area (Å²) in [5.74, 6) is -1.67. The number of sulfonamides is 1. The normalized spacial score (nSPS) is 11.8. The Labute approximate surface area is 125 Å². The number of carboxylic acids is 1. The zero-order chi connectivity index (χ0) is 15.6. The molecule has 0 aliphatic carbocycles. The number of halogens is 1. The molecular weight excluding hydrogens is 317 g/mol. The maximum absolute atomic E-state index is 13.6. The van der Waals surface area contributed by atoms with Gasteiger partial charge in [-0.3, -0.25) is 0 Å². The van der Waals surface area contributed by atoms with Crippen molar-refractivity contribution in [3.63, 3.8) is 0 Å². The topological polar surface area (TPSA) is 74.7 Å². The molecule has 21 heavy (non-hydrogen) atoms. The van der Waals surface area contributed by atoms with E-state index in [0.29, 0.717) is 0 Å². The Morgan fingerprint density at radius 2 is 2.05 bits per heavy atom. The monoisotopic (exact) mass is 329 g/mol. The Balaban J connectivity index is 2.26. The van der Waals surface area contributed by atoms with Gasteiger partial charge in [0.2, 0.25) is 10.0 Å². The molecule has 0 atom stereocenters. The quantitative estimate of drug-likeness (QED) is 0.914. The van der Waals surface area contributed by atoms with Crippen LogP contribution in [0, 0.1) is 5.82 Å². The molecule has 1 N–H and O–H groups in total. The van der Waals surface area contributed by atoms with Gasteiger partial charge in [0.25, 0.3) is 0 Å². The second kappa shape index (κ2) is 5.92. The summed E-state index contributed by atoms with van der Waals surface area (Å²) in [6, 6.07) is 6.98. The lowest BCUT2D eigenvalue weighted by atomic mass is 10.2. The summed E-state index contributed by atoms with van der Waals surface area (Å²) in [5, 5.41) is 10.1. The third kappa shape index (κ3) is 3.29. The summed E-state index contributed by atoms with van der Waals surface area (Å²) in [4.78, 5) is 10.6. The number of hydrogen-bond donors (Lipinski definition) is 1. The van der Waals surface area contributed by atoms with Crippen LogP contribution < -0.4 is 0 Å². The number of aromatic carboxylic acids is 1. The van der Waals surface area contributed by atoms with E-state index in [9.17, 15) is 17.6 Å². The van der Waals surface area contributed by atoms with Crippen LogP contribution in [-0.4, -0.2) is 30.8 Å². The molecule has 0 aliphatic heterocycles. The first-order valence-electron chi connectivity index (χ1n) is 5.84. The number of nitrogens with zero attached hydrogens (tertiary/aromatic N) is 1. The average Bonchev–Trinajstić information content (AvgIpc) is 2.91. The summed E-state index contributed by atoms with van der Waals surface area (Å²) >= 11 is 0.832. The molecule has 1 aromatic carbocycles. The van der Waals surface area contributed by atoms with Crippen LogP contribution in [0.4, 0.5) is 4.39 Å². The smallest absolute Gasteiger partial charge is 0.345 e. The molecule has 0 unspecified atom stereocenters. The summed E-state index contributed by atoms with van der Waals surface area (Å²) < 4.78 is 39.1. The predicted molar refractivity (Wildman–Crippen MR) is 76.3 cm³/mol. The van der Waals surface area contributed by atoms with Crippen LogP contribution in [0.15, 0.2) is 40.6 Å². The molecule has 0 saturated heterocycles. The molecule has 112 valence electrons. The Bertz CT molecular complexity index is 770. The van der Waals surface area contributed by atoms with Gasteiger partial charge in [0.15, 0.2) is 0 Å². The van der Waals surface area contributed by atoms with Crippen molar-refractivity contribution in [2.75, 3.05) is 7.05 Å². The average molecular weight is 329 g/mol. The van der Waals surface area contributed by atoms with Gasteiger partial charge in [0, 0.05) is 24.5 Å². The van der Waals surface area contributed by atoms with E-state index in [0.717, 1.165) is 21.7 Å². The van der Waals surface area contributed by atoms with Crippen molar-refractivity contribution in [1.82, 2.24) is 4.31 Å². The van der Waals surface area contributed by atoms with E-state index in [4.69, 9.17) is 5.11 Å². The number of carboxylic acid groups (broad SMARTS) is 1. The lowest BCUT2D eigenvalue weighted by Crippen LogP contribution is -2.26. The lowest BCUT2D eigenvalue weighted by molar-refractivity contribution is 0.0702. The number of carbonyl (C=O) groups is 1. The highest BCUT2D eigenvalue weighted by Crippen LogP contribution is 2.23. The molecular formula is C13H12FNO4S2. The fourth-order valence-corrected chi connectivity index (χ4v) is 3.95. The van der Waals surface area contributed by atoms with Crippen LogP contribution in [0.2, 0.25) is 0 Å². The first-order chi connectivity index (χ1) is 9.82. The Kier molecular flexibility index (Phi) is 4.40. The van der Waals surface area contributed by atoms with E-state index < -0.39 is 21.8 Å². The SMILES string of the molecule is CN(Cc1ccccc1F)S(=O)(=O)c1csc(C(=O)O)c1. The van der Waals surface area contributed by atoms with Gasteiger partial charge in [0.1, 0.15) is 10.7 Å². The van der Waals surface area contributed by atoms with Gasteiger partial charge in [-0.05, 0) is 12.1 Å². The highest BCUT2D eigenvalue weighted by molar-refractivity contribution is 7.89. The molecule has 0 radical (unpaired) electrons. The van der Waals surface area contributed by atoms with Crippen molar-refractivity contribution in [3.05, 3.63) is 52.0 Å². The maximum Gasteiger partial charge on any atom is 0.345 e.